The molecule has 1 aliphatic heterocycles. The molecule has 1 aromatic carbocycles. The third-order valence-electron chi connectivity index (χ3n) is 2.42. The molecular weight excluding hydrogens is 213 g/mol. The fourth-order valence-corrected chi connectivity index (χ4v) is 1.50. The Morgan fingerprint density at radius 1 is 1.31 bits per heavy atom. The summed E-state index contributed by atoms with van der Waals surface area (Å²) in [7, 11) is 0. The van der Waals surface area contributed by atoms with Crippen molar-refractivity contribution in [3.05, 3.63) is 30.3 Å². The van der Waals surface area contributed by atoms with Crippen LogP contribution in [-0.4, -0.2) is 17.9 Å². The van der Waals surface area contributed by atoms with E-state index in [1.807, 2.05) is 0 Å². The number of benzene rings is 1. The zero-order valence-corrected chi connectivity index (χ0v) is 8.64. The second-order valence-electron chi connectivity index (χ2n) is 3.43. The van der Waals surface area contributed by atoms with E-state index in [4.69, 9.17) is 0 Å². The van der Waals surface area contributed by atoms with Gasteiger partial charge in [-0.05, 0) is 12.1 Å². The van der Waals surface area contributed by atoms with E-state index in [-0.39, 0.29) is 6.42 Å². The molecule has 0 bridgehead atoms. The number of hydrogen-bond acceptors (Lipinski definition) is 3. The standard InChI is InChI=1S/C11H10FNO3/c1-2-11(12)9(14)13(10(15)16-11)8-6-4-3-5-7-8/h3-7H,2H2,1H3/t11-/m0/s1. The molecule has 0 radical (unpaired) electrons. The minimum Gasteiger partial charge on any atom is -0.402 e. The van der Waals surface area contributed by atoms with Crippen LogP contribution in [0.3, 0.4) is 0 Å². The molecule has 0 unspecified atom stereocenters. The molecule has 84 valence electrons. The molecule has 4 nitrogen and oxygen atoms in total. The molecule has 1 saturated heterocycles. The van der Waals surface area contributed by atoms with Crippen molar-refractivity contribution in [2.45, 2.75) is 19.2 Å². The molecule has 2 amide bonds. The molecule has 2 rings (SSSR count). The van der Waals surface area contributed by atoms with Crippen molar-refractivity contribution in [1.82, 2.24) is 0 Å². The van der Waals surface area contributed by atoms with Crippen LogP contribution in [0.25, 0.3) is 0 Å². The quantitative estimate of drug-likeness (QED) is 0.772. The van der Waals surface area contributed by atoms with Gasteiger partial charge in [0.25, 0.3) is 0 Å². The van der Waals surface area contributed by atoms with E-state index in [2.05, 4.69) is 4.74 Å². The largest absolute Gasteiger partial charge is 0.424 e. The number of ether oxygens (including phenoxy) is 1. The van der Waals surface area contributed by atoms with E-state index < -0.39 is 17.9 Å². The number of rotatable bonds is 2. The molecule has 16 heavy (non-hydrogen) atoms. The lowest BCUT2D eigenvalue weighted by Crippen LogP contribution is -2.37. The first-order valence-electron chi connectivity index (χ1n) is 4.90. The Labute approximate surface area is 91.6 Å². The fourth-order valence-electron chi connectivity index (χ4n) is 1.50. The van der Waals surface area contributed by atoms with Crippen molar-refractivity contribution in [3.63, 3.8) is 0 Å². The van der Waals surface area contributed by atoms with Crippen molar-refractivity contribution < 1.29 is 18.7 Å². The summed E-state index contributed by atoms with van der Waals surface area (Å²) in [6.45, 7) is 1.44. The highest BCUT2D eigenvalue weighted by Crippen LogP contribution is 2.32. The van der Waals surface area contributed by atoms with Crippen molar-refractivity contribution in [1.29, 1.82) is 0 Å². The van der Waals surface area contributed by atoms with Crippen LogP contribution >= 0.6 is 0 Å². The average Bonchev–Trinajstić information content (AvgIpc) is 2.52. The van der Waals surface area contributed by atoms with Gasteiger partial charge in [-0.3, -0.25) is 4.79 Å². The summed E-state index contributed by atoms with van der Waals surface area (Å²) in [5.41, 5.74) is 0.311. The van der Waals surface area contributed by atoms with Crippen molar-refractivity contribution >= 4 is 17.7 Å². The Morgan fingerprint density at radius 3 is 2.44 bits per heavy atom. The second kappa shape index (κ2) is 3.59. The summed E-state index contributed by atoms with van der Waals surface area (Å²) >= 11 is 0. The Bertz CT molecular complexity index is 434. The Hall–Kier alpha value is -1.91. The molecule has 0 spiro atoms. The van der Waals surface area contributed by atoms with Gasteiger partial charge in [-0.25, -0.2) is 9.69 Å². The maximum Gasteiger partial charge on any atom is 0.424 e. The zero-order chi connectivity index (χ0) is 11.8. The number of halogens is 1. The van der Waals surface area contributed by atoms with Gasteiger partial charge in [-0.15, -0.1) is 0 Å². The first kappa shape index (κ1) is 10.6. The van der Waals surface area contributed by atoms with Gasteiger partial charge in [-0.1, -0.05) is 25.1 Å². The summed E-state index contributed by atoms with van der Waals surface area (Å²) < 4.78 is 18.2. The molecule has 1 heterocycles. The number of cyclic esters (lactones) is 1. The minimum atomic E-state index is -2.52. The number of carbonyl (C=O) groups is 2. The summed E-state index contributed by atoms with van der Waals surface area (Å²) in [4.78, 5) is 23.8. The van der Waals surface area contributed by atoms with Crippen molar-refractivity contribution in [3.8, 4) is 0 Å². The van der Waals surface area contributed by atoms with Crippen LogP contribution in [0.15, 0.2) is 30.3 Å². The number of imide groups is 1. The van der Waals surface area contributed by atoms with E-state index >= 15 is 0 Å². The predicted octanol–water partition coefficient (Wildman–Crippen LogP) is 2.25. The maximum atomic E-state index is 13.8. The van der Waals surface area contributed by atoms with Crippen LogP contribution < -0.4 is 4.90 Å². The summed E-state index contributed by atoms with van der Waals surface area (Å²) in [6, 6.07) is 8.12. The highest BCUT2D eigenvalue weighted by atomic mass is 19.2. The van der Waals surface area contributed by atoms with Crippen molar-refractivity contribution in [2.24, 2.45) is 0 Å². The molecule has 1 aliphatic rings. The van der Waals surface area contributed by atoms with Crippen molar-refractivity contribution in [2.75, 3.05) is 4.90 Å². The third kappa shape index (κ3) is 1.44. The first-order chi connectivity index (χ1) is 7.58. The minimum absolute atomic E-state index is 0.194. The second-order valence-corrected chi connectivity index (χ2v) is 3.43. The topological polar surface area (TPSA) is 46.6 Å². The number of para-hydroxylation sites is 1. The van der Waals surface area contributed by atoms with Gasteiger partial charge in [-0.2, -0.15) is 4.39 Å². The van der Waals surface area contributed by atoms with E-state index in [9.17, 15) is 14.0 Å². The average molecular weight is 223 g/mol. The first-order valence-corrected chi connectivity index (χ1v) is 4.90. The highest BCUT2D eigenvalue weighted by Gasteiger charge is 2.54. The van der Waals surface area contributed by atoms with Gasteiger partial charge >= 0.3 is 17.9 Å². The fraction of sp³-hybridized carbons (Fsp3) is 0.273. The lowest BCUT2D eigenvalue weighted by molar-refractivity contribution is -0.147. The van der Waals surface area contributed by atoms with Gasteiger partial charge in [0.1, 0.15) is 0 Å². The molecule has 0 N–H and O–H groups in total. The molecule has 0 saturated carbocycles. The van der Waals surface area contributed by atoms with Crippen LogP contribution in [0.2, 0.25) is 0 Å². The molecule has 5 heteroatoms. The predicted molar refractivity (Wildman–Crippen MR) is 54.5 cm³/mol. The smallest absolute Gasteiger partial charge is 0.402 e. The van der Waals surface area contributed by atoms with Crippen LogP contribution in [0.1, 0.15) is 13.3 Å². The lowest BCUT2D eigenvalue weighted by atomic mass is 10.2. The van der Waals surface area contributed by atoms with Gasteiger partial charge in [0.15, 0.2) is 0 Å². The van der Waals surface area contributed by atoms with Gasteiger partial charge in [0.05, 0.1) is 5.69 Å². The molecule has 1 aromatic rings. The molecule has 1 atom stereocenters. The number of nitrogens with zero attached hydrogens (tertiary/aromatic N) is 1. The number of carbonyl (C=O) groups excluding carboxylic acids is 2. The Morgan fingerprint density at radius 2 is 1.94 bits per heavy atom. The van der Waals surface area contributed by atoms with Gasteiger partial charge < -0.3 is 4.74 Å². The normalized spacial score (nSPS) is 24.8. The number of amides is 2. The summed E-state index contributed by atoms with van der Waals surface area (Å²) in [5, 5.41) is 0. The molecule has 0 aromatic heterocycles. The summed E-state index contributed by atoms with van der Waals surface area (Å²) in [6.07, 6.45) is -1.17. The number of anilines is 1. The van der Waals surface area contributed by atoms with Crippen LogP contribution in [0, 0.1) is 0 Å². The molecular formula is C11H10FNO3. The zero-order valence-electron chi connectivity index (χ0n) is 8.64. The van der Waals surface area contributed by atoms with E-state index in [0.717, 1.165) is 0 Å². The third-order valence-corrected chi connectivity index (χ3v) is 2.42. The number of hydrogen-bond donors (Lipinski definition) is 0. The van der Waals surface area contributed by atoms with Crippen LogP contribution in [0.5, 0.6) is 0 Å². The van der Waals surface area contributed by atoms with E-state index in [1.165, 1.54) is 6.92 Å². The number of alkyl halides is 1. The van der Waals surface area contributed by atoms with E-state index in [0.29, 0.717) is 10.6 Å². The van der Waals surface area contributed by atoms with E-state index in [1.54, 1.807) is 30.3 Å². The lowest BCUT2D eigenvalue weighted by Gasteiger charge is -2.13. The monoisotopic (exact) mass is 223 g/mol. The molecule has 1 fully saturated rings. The summed E-state index contributed by atoms with van der Waals surface area (Å²) in [5.74, 6) is -3.49. The Balaban J connectivity index is 2.38. The SMILES string of the molecule is CC[C@]1(F)OC(=O)N(c2ccccc2)C1=O. The van der Waals surface area contributed by atoms with Gasteiger partial charge in [0.2, 0.25) is 0 Å². The Kier molecular flexibility index (Phi) is 2.38. The maximum absolute atomic E-state index is 13.8. The van der Waals surface area contributed by atoms with Gasteiger partial charge in [0, 0.05) is 6.42 Å². The highest BCUT2D eigenvalue weighted by molar-refractivity contribution is 6.19. The van der Waals surface area contributed by atoms with Crippen LogP contribution in [0.4, 0.5) is 14.9 Å². The van der Waals surface area contributed by atoms with Crippen LogP contribution in [-0.2, 0) is 9.53 Å². The molecule has 0 aliphatic carbocycles.